The van der Waals surface area contributed by atoms with Crippen molar-refractivity contribution in [2.75, 3.05) is 13.1 Å². The summed E-state index contributed by atoms with van der Waals surface area (Å²) in [6.45, 7) is 8.65. The number of aliphatic hydroxyl groups excluding tert-OH is 1. The first kappa shape index (κ1) is 24.0. The summed E-state index contributed by atoms with van der Waals surface area (Å²) in [5.74, 6) is 1.54. The van der Waals surface area contributed by atoms with Crippen molar-refractivity contribution < 1.29 is 9.84 Å². The number of aromatic nitrogens is 2. The second kappa shape index (κ2) is 11.8. The topological polar surface area (TPSA) is 50.5 Å². The summed E-state index contributed by atoms with van der Waals surface area (Å²) in [7, 11) is 1.93. The van der Waals surface area contributed by atoms with Gasteiger partial charge in [0.1, 0.15) is 11.4 Å². The fourth-order valence-corrected chi connectivity index (χ4v) is 3.97. The summed E-state index contributed by atoms with van der Waals surface area (Å²) in [6.07, 6.45) is 3.68. The molecular formula is C27H37N3O2. The molecule has 0 aliphatic rings. The Labute approximate surface area is 192 Å². The van der Waals surface area contributed by atoms with Gasteiger partial charge in [0.2, 0.25) is 5.88 Å². The fourth-order valence-electron chi connectivity index (χ4n) is 3.97. The van der Waals surface area contributed by atoms with E-state index in [4.69, 9.17) is 9.84 Å². The Balaban J connectivity index is 1.95. The van der Waals surface area contributed by atoms with Gasteiger partial charge >= 0.3 is 0 Å². The molecule has 5 heteroatoms. The van der Waals surface area contributed by atoms with Crippen molar-refractivity contribution in [3.05, 3.63) is 65.7 Å². The number of hydrogen-bond donors (Lipinski definition) is 1. The third kappa shape index (κ3) is 6.44. The zero-order valence-corrected chi connectivity index (χ0v) is 19.9. The van der Waals surface area contributed by atoms with Crippen molar-refractivity contribution in [3.63, 3.8) is 0 Å². The molecule has 1 N–H and O–H groups in total. The van der Waals surface area contributed by atoms with Crippen molar-refractivity contribution in [3.8, 4) is 22.9 Å². The molecule has 0 aliphatic heterocycles. The van der Waals surface area contributed by atoms with E-state index in [9.17, 15) is 5.11 Å². The Bertz CT molecular complexity index is 951. The van der Waals surface area contributed by atoms with E-state index in [0.717, 1.165) is 60.7 Å². The Hall–Kier alpha value is -2.63. The lowest BCUT2D eigenvalue weighted by Gasteiger charge is -2.25. The number of ether oxygens (including phenoxy) is 1. The standard InChI is InChI=1S/C27H37N3O2/c1-5-7-13-23(31)19-30(18-6-2)20-25-26(22-11-9-8-10-12-22)28-29(4)27(25)32-24-16-14-21(3)15-17-24/h8-12,14-17,23,31H,5-7,13,18-20H2,1-4H3/t23-/m1/s1. The van der Waals surface area contributed by atoms with E-state index < -0.39 is 0 Å². The monoisotopic (exact) mass is 435 g/mol. The van der Waals surface area contributed by atoms with Crippen molar-refractivity contribution >= 4 is 0 Å². The van der Waals surface area contributed by atoms with Gasteiger partial charge in [-0.1, -0.05) is 74.7 Å². The lowest BCUT2D eigenvalue weighted by atomic mass is 10.1. The molecule has 0 amide bonds. The number of hydrogen-bond acceptors (Lipinski definition) is 4. The van der Waals surface area contributed by atoms with Gasteiger partial charge in [-0.05, 0) is 38.4 Å². The van der Waals surface area contributed by atoms with E-state index in [-0.39, 0.29) is 6.10 Å². The SMILES string of the molecule is CCCC[C@@H](O)CN(CCC)Cc1c(-c2ccccc2)nn(C)c1Oc1ccc(C)cc1. The zero-order chi connectivity index (χ0) is 22.9. The Morgan fingerprint density at radius 2 is 1.75 bits per heavy atom. The molecule has 32 heavy (non-hydrogen) atoms. The maximum absolute atomic E-state index is 10.6. The lowest BCUT2D eigenvalue weighted by Crippen LogP contribution is -2.33. The number of aryl methyl sites for hydroxylation is 2. The Morgan fingerprint density at radius 3 is 2.41 bits per heavy atom. The summed E-state index contributed by atoms with van der Waals surface area (Å²) < 4.78 is 8.19. The fraction of sp³-hybridized carbons (Fsp3) is 0.444. The van der Waals surface area contributed by atoms with Crippen LogP contribution < -0.4 is 4.74 Å². The van der Waals surface area contributed by atoms with Crippen LogP contribution in [0.2, 0.25) is 0 Å². The van der Waals surface area contributed by atoms with Crippen molar-refractivity contribution in [2.45, 2.75) is 59.1 Å². The number of unbranched alkanes of at least 4 members (excludes halogenated alkanes) is 1. The molecule has 0 saturated carbocycles. The number of nitrogens with zero attached hydrogens (tertiary/aromatic N) is 3. The maximum Gasteiger partial charge on any atom is 0.222 e. The minimum atomic E-state index is -0.320. The lowest BCUT2D eigenvalue weighted by molar-refractivity contribution is 0.0992. The molecule has 1 atom stereocenters. The Kier molecular flexibility index (Phi) is 8.89. The molecule has 0 aliphatic carbocycles. The van der Waals surface area contributed by atoms with Gasteiger partial charge < -0.3 is 9.84 Å². The molecule has 0 spiro atoms. The quantitative estimate of drug-likeness (QED) is 0.382. The van der Waals surface area contributed by atoms with Crippen LogP contribution in [0.25, 0.3) is 11.3 Å². The van der Waals surface area contributed by atoms with Gasteiger partial charge in [-0.2, -0.15) is 5.10 Å². The van der Waals surface area contributed by atoms with Crippen molar-refractivity contribution in [1.82, 2.24) is 14.7 Å². The van der Waals surface area contributed by atoms with Crippen LogP contribution in [0.1, 0.15) is 50.7 Å². The molecule has 0 saturated heterocycles. The van der Waals surface area contributed by atoms with Crippen molar-refractivity contribution in [2.24, 2.45) is 7.05 Å². The normalized spacial score (nSPS) is 12.3. The zero-order valence-electron chi connectivity index (χ0n) is 19.9. The summed E-state index contributed by atoms with van der Waals surface area (Å²) in [5, 5.41) is 15.4. The molecule has 0 fully saturated rings. The van der Waals surface area contributed by atoms with Gasteiger partial charge in [0.05, 0.1) is 11.7 Å². The number of rotatable bonds is 12. The molecule has 1 aromatic heterocycles. The van der Waals surface area contributed by atoms with Gasteiger partial charge in [0.15, 0.2) is 0 Å². The second-order valence-electron chi connectivity index (χ2n) is 8.57. The smallest absolute Gasteiger partial charge is 0.222 e. The minimum absolute atomic E-state index is 0.320. The summed E-state index contributed by atoms with van der Waals surface area (Å²) in [4.78, 5) is 2.33. The third-order valence-corrected chi connectivity index (χ3v) is 5.65. The predicted octanol–water partition coefficient (Wildman–Crippen LogP) is 5.95. The molecule has 1 heterocycles. The molecule has 0 radical (unpaired) electrons. The summed E-state index contributed by atoms with van der Waals surface area (Å²) in [5.41, 5.74) is 4.25. The molecule has 3 aromatic rings. The minimum Gasteiger partial charge on any atom is -0.439 e. The van der Waals surface area contributed by atoms with Crippen LogP contribution >= 0.6 is 0 Å². The van der Waals surface area contributed by atoms with Gasteiger partial charge in [0.25, 0.3) is 0 Å². The molecule has 5 nitrogen and oxygen atoms in total. The van der Waals surface area contributed by atoms with E-state index in [2.05, 4.69) is 49.9 Å². The van der Waals surface area contributed by atoms with Crippen LogP contribution in [0.15, 0.2) is 54.6 Å². The predicted molar refractivity (Wildman–Crippen MR) is 131 cm³/mol. The Morgan fingerprint density at radius 1 is 1.03 bits per heavy atom. The highest BCUT2D eigenvalue weighted by Crippen LogP contribution is 2.34. The highest BCUT2D eigenvalue weighted by Gasteiger charge is 2.23. The maximum atomic E-state index is 10.6. The molecule has 0 bridgehead atoms. The van der Waals surface area contributed by atoms with E-state index in [0.29, 0.717) is 13.1 Å². The van der Waals surface area contributed by atoms with E-state index >= 15 is 0 Å². The molecule has 3 rings (SSSR count). The van der Waals surface area contributed by atoms with Crippen molar-refractivity contribution in [1.29, 1.82) is 0 Å². The highest BCUT2D eigenvalue weighted by atomic mass is 16.5. The number of benzene rings is 2. The first-order valence-corrected chi connectivity index (χ1v) is 11.8. The summed E-state index contributed by atoms with van der Waals surface area (Å²) in [6, 6.07) is 18.3. The van der Waals surface area contributed by atoms with E-state index in [1.807, 2.05) is 42.1 Å². The average Bonchev–Trinajstić information content (AvgIpc) is 3.09. The largest absolute Gasteiger partial charge is 0.439 e. The molecule has 2 aromatic carbocycles. The van der Waals surface area contributed by atoms with Crippen LogP contribution in [-0.2, 0) is 13.6 Å². The second-order valence-corrected chi connectivity index (χ2v) is 8.57. The van der Waals surface area contributed by atoms with Gasteiger partial charge in [-0.25, -0.2) is 4.68 Å². The molecular weight excluding hydrogens is 398 g/mol. The van der Waals surface area contributed by atoms with Crippen LogP contribution in [0, 0.1) is 6.92 Å². The van der Waals surface area contributed by atoms with Crippen LogP contribution in [0.3, 0.4) is 0 Å². The van der Waals surface area contributed by atoms with E-state index in [1.165, 1.54) is 5.56 Å². The van der Waals surface area contributed by atoms with E-state index in [1.54, 1.807) is 0 Å². The van der Waals surface area contributed by atoms with Crippen LogP contribution in [0.4, 0.5) is 0 Å². The van der Waals surface area contributed by atoms with Crippen LogP contribution in [-0.4, -0.2) is 39.0 Å². The first-order valence-electron chi connectivity index (χ1n) is 11.8. The molecule has 0 unspecified atom stereocenters. The van der Waals surface area contributed by atoms with Gasteiger partial charge in [-0.3, -0.25) is 4.90 Å². The molecule has 172 valence electrons. The first-order chi connectivity index (χ1) is 15.5. The third-order valence-electron chi connectivity index (χ3n) is 5.65. The highest BCUT2D eigenvalue weighted by molar-refractivity contribution is 5.65. The van der Waals surface area contributed by atoms with Gasteiger partial charge in [0, 0.05) is 25.7 Å². The number of aliphatic hydroxyl groups is 1. The summed E-state index contributed by atoms with van der Waals surface area (Å²) >= 11 is 0. The average molecular weight is 436 g/mol. The van der Waals surface area contributed by atoms with Crippen LogP contribution in [0.5, 0.6) is 11.6 Å². The van der Waals surface area contributed by atoms with Gasteiger partial charge in [-0.15, -0.1) is 0 Å².